The number of benzene rings is 1. The number of methoxy groups -OCH3 is 1. The van der Waals surface area contributed by atoms with Crippen LogP contribution in [0.2, 0.25) is 0 Å². The Morgan fingerprint density at radius 1 is 1.35 bits per heavy atom. The molecule has 0 bridgehead atoms. The van der Waals surface area contributed by atoms with Crippen LogP contribution in [0, 0.1) is 13.8 Å². The number of aromatic nitrogens is 1. The van der Waals surface area contributed by atoms with Gasteiger partial charge in [-0.25, -0.2) is 4.98 Å². The average molecular weight is 288 g/mol. The Hall–Kier alpha value is -1.39. The van der Waals surface area contributed by atoms with Gasteiger partial charge < -0.3 is 10.1 Å². The molecule has 1 fully saturated rings. The van der Waals surface area contributed by atoms with Gasteiger partial charge in [-0.15, -0.1) is 11.3 Å². The summed E-state index contributed by atoms with van der Waals surface area (Å²) in [5.74, 6) is 0.898. The second kappa shape index (κ2) is 5.54. The molecule has 0 aliphatic heterocycles. The Balaban J connectivity index is 1.95. The number of hydrogen-bond donors (Lipinski definition) is 1. The molecule has 3 rings (SSSR count). The van der Waals surface area contributed by atoms with Gasteiger partial charge in [0.25, 0.3) is 0 Å². The first-order valence-electron chi connectivity index (χ1n) is 7.01. The number of ether oxygens (including phenoxy) is 1. The minimum absolute atomic E-state index is 0.176. The van der Waals surface area contributed by atoms with E-state index in [1.54, 1.807) is 18.4 Å². The second-order valence-corrected chi connectivity index (χ2v) is 6.58. The maximum absolute atomic E-state index is 5.35. The highest BCUT2D eigenvalue weighted by Crippen LogP contribution is 2.33. The van der Waals surface area contributed by atoms with E-state index in [4.69, 9.17) is 9.72 Å². The number of nitrogens with one attached hydrogen (secondary N) is 1. The van der Waals surface area contributed by atoms with Gasteiger partial charge in [0.2, 0.25) is 0 Å². The van der Waals surface area contributed by atoms with Gasteiger partial charge in [0.1, 0.15) is 10.8 Å². The van der Waals surface area contributed by atoms with E-state index in [1.807, 2.05) is 12.1 Å². The quantitative estimate of drug-likeness (QED) is 0.912. The van der Waals surface area contributed by atoms with Crippen LogP contribution in [0.25, 0.3) is 0 Å². The molecule has 0 radical (unpaired) electrons. The van der Waals surface area contributed by atoms with Gasteiger partial charge in [0, 0.05) is 10.9 Å². The van der Waals surface area contributed by atoms with Crippen LogP contribution in [-0.2, 0) is 0 Å². The van der Waals surface area contributed by atoms with Crippen molar-refractivity contribution in [3.8, 4) is 5.75 Å². The lowest BCUT2D eigenvalue weighted by Gasteiger charge is -2.17. The first-order valence-corrected chi connectivity index (χ1v) is 7.83. The molecule has 106 valence electrons. The predicted octanol–water partition coefficient (Wildman–Crippen LogP) is 3.61. The topological polar surface area (TPSA) is 34.1 Å². The summed E-state index contributed by atoms with van der Waals surface area (Å²) in [4.78, 5) is 6.04. The Kier molecular flexibility index (Phi) is 3.76. The smallest absolute Gasteiger partial charge is 0.119 e. The summed E-state index contributed by atoms with van der Waals surface area (Å²) in [5, 5.41) is 4.86. The monoisotopic (exact) mass is 288 g/mol. The molecule has 0 saturated heterocycles. The molecule has 0 amide bonds. The SMILES string of the molecule is COc1cccc(C(NC2CC2)c2nc(C)c(C)s2)c1. The Morgan fingerprint density at radius 2 is 2.15 bits per heavy atom. The zero-order valence-electron chi connectivity index (χ0n) is 12.1. The van der Waals surface area contributed by atoms with Crippen LogP contribution < -0.4 is 10.1 Å². The molecule has 3 nitrogen and oxygen atoms in total. The third-order valence-electron chi connectivity index (χ3n) is 3.70. The maximum Gasteiger partial charge on any atom is 0.119 e. The van der Waals surface area contributed by atoms with Crippen LogP contribution in [0.5, 0.6) is 5.75 Å². The van der Waals surface area contributed by atoms with Crippen LogP contribution in [0.1, 0.15) is 40.0 Å². The summed E-state index contributed by atoms with van der Waals surface area (Å²) in [7, 11) is 1.71. The van der Waals surface area contributed by atoms with Crippen LogP contribution in [-0.4, -0.2) is 18.1 Å². The van der Waals surface area contributed by atoms with E-state index in [0.717, 1.165) is 16.5 Å². The van der Waals surface area contributed by atoms with Crippen molar-refractivity contribution in [2.75, 3.05) is 7.11 Å². The van der Waals surface area contributed by atoms with E-state index in [9.17, 15) is 0 Å². The summed E-state index contributed by atoms with van der Waals surface area (Å²) in [6.07, 6.45) is 2.54. The van der Waals surface area contributed by atoms with Crippen molar-refractivity contribution in [3.05, 3.63) is 45.4 Å². The molecule has 0 spiro atoms. The van der Waals surface area contributed by atoms with Crippen LogP contribution >= 0.6 is 11.3 Å². The minimum atomic E-state index is 0.176. The Bertz CT molecular complexity index is 585. The molecule has 1 aliphatic rings. The normalized spacial score (nSPS) is 16.1. The van der Waals surface area contributed by atoms with Crippen LogP contribution in [0.3, 0.4) is 0 Å². The highest BCUT2D eigenvalue weighted by Gasteiger charge is 2.28. The fourth-order valence-electron chi connectivity index (χ4n) is 2.24. The largest absolute Gasteiger partial charge is 0.497 e. The van der Waals surface area contributed by atoms with Crippen molar-refractivity contribution in [2.24, 2.45) is 0 Å². The fourth-order valence-corrected chi connectivity index (χ4v) is 3.25. The molecular formula is C16H20N2OS. The first kappa shape index (κ1) is 13.6. The second-order valence-electron chi connectivity index (χ2n) is 5.34. The summed E-state index contributed by atoms with van der Waals surface area (Å²) in [6.45, 7) is 4.21. The zero-order valence-corrected chi connectivity index (χ0v) is 13.0. The van der Waals surface area contributed by atoms with Gasteiger partial charge >= 0.3 is 0 Å². The van der Waals surface area contributed by atoms with E-state index in [-0.39, 0.29) is 6.04 Å². The van der Waals surface area contributed by atoms with Gasteiger partial charge in [0.15, 0.2) is 0 Å². The molecule has 1 atom stereocenters. The van der Waals surface area contributed by atoms with Crippen molar-refractivity contribution in [1.82, 2.24) is 10.3 Å². The molecule has 1 aromatic carbocycles. The van der Waals surface area contributed by atoms with E-state index in [2.05, 4.69) is 31.3 Å². The van der Waals surface area contributed by atoms with E-state index in [1.165, 1.54) is 23.3 Å². The molecule has 1 N–H and O–H groups in total. The van der Waals surface area contributed by atoms with Crippen LogP contribution in [0.4, 0.5) is 0 Å². The van der Waals surface area contributed by atoms with Gasteiger partial charge in [-0.05, 0) is 44.4 Å². The fraction of sp³-hybridized carbons (Fsp3) is 0.438. The zero-order chi connectivity index (χ0) is 14.1. The lowest BCUT2D eigenvalue weighted by atomic mass is 10.1. The number of hydrogen-bond acceptors (Lipinski definition) is 4. The minimum Gasteiger partial charge on any atom is -0.497 e. The lowest BCUT2D eigenvalue weighted by Crippen LogP contribution is -2.24. The number of thiazole rings is 1. The summed E-state index contributed by atoms with van der Waals surface area (Å²) < 4.78 is 5.35. The van der Waals surface area contributed by atoms with E-state index in [0.29, 0.717) is 6.04 Å². The Morgan fingerprint density at radius 3 is 2.75 bits per heavy atom. The van der Waals surface area contributed by atoms with Gasteiger partial charge in [-0.1, -0.05) is 12.1 Å². The summed E-state index contributed by atoms with van der Waals surface area (Å²) in [5.41, 5.74) is 2.36. The maximum atomic E-state index is 5.35. The summed E-state index contributed by atoms with van der Waals surface area (Å²) >= 11 is 1.79. The first-order chi connectivity index (χ1) is 9.67. The highest BCUT2D eigenvalue weighted by atomic mass is 32.1. The number of rotatable bonds is 5. The molecule has 1 aliphatic carbocycles. The Labute approximate surface area is 124 Å². The van der Waals surface area contributed by atoms with Crippen molar-refractivity contribution < 1.29 is 4.74 Å². The van der Waals surface area contributed by atoms with Crippen LogP contribution in [0.15, 0.2) is 24.3 Å². The van der Waals surface area contributed by atoms with Crippen molar-refractivity contribution in [2.45, 2.75) is 38.8 Å². The van der Waals surface area contributed by atoms with Gasteiger partial charge in [-0.3, -0.25) is 0 Å². The van der Waals surface area contributed by atoms with Gasteiger partial charge in [-0.2, -0.15) is 0 Å². The number of aryl methyl sites for hydroxylation is 2. The number of nitrogens with zero attached hydrogens (tertiary/aromatic N) is 1. The van der Waals surface area contributed by atoms with Crippen molar-refractivity contribution >= 4 is 11.3 Å². The lowest BCUT2D eigenvalue weighted by molar-refractivity contribution is 0.413. The van der Waals surface area contributed by atoms with E-state index >= 15 is 0 Å². The molecule has 20 heavy (non-hydrogen) atoms. The summed E-state index contributed by atoms with van der Waals surface area (Å²) in [6, 6.07) is 9.09. The molecule has 1 unspecified atom stereocenters. The molecular weight excluding hydrogens is 268 g/mol. The third-order valence-corrected chi connectivity index (χ3v) is 4.84. The van der Waals surface area contributed by atoms with Crippen molar-refractivity contribution in [3.63, 3.8) is 0 Å². The van der Waals surface area contributed by atoms with Crippen molar-refractivity contribution in [1.29, 1.82) is 0 Å². The predicted molar refractivity (Wildman–Crippen MR) is 82.6 cm³/mol. The molecule has 4 heteroatoms. The average Bonchev–Trinajstić information content (AvgIpc) is 3.22. The molecule has 1 heterocycles. The van der Waals surface area contributed by atoms with E-state index < -0.39 is 0 Å². The molecule has 1 aromatic heterocycles. The third kappa shape index (κ3) is 2.86. The standard InChI is InChI=1S/C16H20N2OS/c1-10-11(2)20-16(17-10)15(18-13-7-8-13)12-5-4-6-14(9-12)19-3/h4-6,9,13,15,18H,7-8H2,1-3H3. The van der Waals surface area contributed by atoms with Gasteiger partial charge in [0.05, 0.1) is 18.8 Å². The molecule has 2 aromatic rings. The molecule has 1 saturated carbocycles. The highest BCUT2D eigenvalue weighted by molar-refractivity contribution is 7.11.